The zero-order valence-corrected chi connectivity index (χ0v) is 17.6. The van der Waals surface area contributed by atoms with Crippen LogP contribution in [0.3, 0.4) is 0 Å². The number of aromatic nitrogens is 3. The van der Waals surface area contributed by atoms with Crippen LogP contribution in [0, 0.1) is 6.92 Å². The number of fused-ring (bicyclic) bond motifs is 1. The average Bonchev–Trinajstić information content (AvgIpc) is 2.77. The third-order valence-corrected chi connectivity index (χ3v) is 5.05. The number of piperazine rings is 1. The summed E-state index contributed by atoms with van der Waals surface area (Å²) in [6, 6.07) is 7.13. The van der Waals surface area contributed by atoms with Gasteiger partial charge in [0.25, 0.3) is 5.56 Å². The molecule has 1 aliphatic rings. The largest absolute Gasteiger partial charge is 0.477 e. The molecule has 0 atom stereocenters. The molecule has 158 valence electrons. The van der Waals surface area contributed by atoms with Gasteiger partial charge in [0, 0.05) is 44.5 Å². The molecule has 1 aliphatic heterocycles. The first-order valence-electron chi connectivity index (χ1n) is 10.1. The van der Waals surface area contributed by atoms with Gasteiger partial charge in [0.05, 0.1) is 22.9 Å². The van der Waals surface area contributed by atoms with Crippen molar-refractivity contribution in [2.75, 3.05) is 31.1 Å². The Morgan fingerprint density at radius 2 is 1.83 bits per heavy atom. The quantitative estimate of drug-likeness (QED) is 0.683. The zero-order chi connectivity index (χ0) is 21.7. The van der Waals surface area contributed by atoms with Crippen LogP contribution in [0.25, 0.3) is 11.0 Å². The molecule has 0 radical (unpaired) electrons. The number of hydrogen-bond donors (Lipinski definition) is 2. The number of nitrogens with one attached hydrogen (secondary N) is 1. The first-order valence-corrected chi connectivity index (χ1v) is 10.1. The summed E-state index contributed by atoms with van der Waals surface area (Å²) in [5.41, 5.74) is 4.19. The molecule has 0 aliphatic carbocycles. The number of aryl methyl sites for hydroxylation is 1. The Hall–Kier alpha value is -3.26. The SMILES string of the molecule is CC.Cc1cc2ncc(CN3CCN(c4ccc(C(=O)O)nc4)CC3)cc2[nH]c1=O. The topological polar surface area (TPSA) is 102 Å². The van der Waals surface area contributed by atoms with Crippen molar-refractivity contribution in [2.45, 2.75) is 27.3 Å². The molecule has 8 nitrogen and oxygen atoms in total. The first kappa shape index (κ1) is 21.4. The summed E-state index contributed by atoms with van der Waals surface area (Å²) in [6.07, 6.45) is 3.48. The van der Waals surface area contributed by atoms with E-state index in [1.54, 1.807) is 25.3 Å². The van der Waals surface area contributed by atoms with Gasteiger partial charge in [-0.15, -0.1) is 0 Å². The number of carbonyl (C=O) groups is 1. The lowest BCUT2D eigenvalue weighted by Crippen LogP contribution is -2.46. The molecule has 1 saturated heterocycles. The fraction of sp³-hybridized carbons (Fsp3) is 0.364. The van der Waals surface area contributed by atoms with Crippen molar-refractivity contribution in [3.05, 3.63) is 63.8 Å². The lowest BCUT2D eigenvalue weighted by Gasteiger charge is -2.35. The van der Waals surface area contributed by atoms with Gasteiger partial charge in [-0.3, -0.25) is 14.7 Å². The van der Waals surface area contributed by atoms with E-state index in [9.17, 15) is 9.59 Å². The minimum absolute atomic E-state index is 0.0550. The second kappa shape index (κ2) is 9.49. The van der Waals surface area contributed by atoms with Gasteiger partial charge in [-0.05, 0) is 36.8 Å². The number of pyridine rings is 3. The second-order valence-corrected chi connectivity index (χ2v) is 7.03. The van der Waals surface area contributed by atoms with Crippen LogP contribution in [0.2, 0.25) is 0 Å². The Morgan fingerprint density at radius 1 is 1.10 bits per heavy atom. The third kappa shape index (κ3) is 4.83. The maximum atomic E-state index is 11.8. The number of hydrogen-bond acceptors (Lipinski definition) is 6. The Bertz CT molecular complexity index is 1070. The third-order valence-electron chi connectivity index (χ3n) is 5.05. The molecule has 0 bridgehead atoms. The second-order valence-electron chi connectivity index (χ2n) is 7.03. The van der Waals surface area contributed by atoms with Crippen LogP contribution in [-0.4, -0.2) is 57.1 Å². The normalized spacial score (nSPS) is 14.3. The fourth-order valence-corrected chi connectivity index (χ4v) is 3.43. The molecule has 0 aromatic carbocycles. The Morgan fingerprint density at radius 3 is 2.47 bits per heavy atom. The predicted octanol–water partition coefficient (Wildman–Crippen LogP) is 2.67. The Labute approximate surface area is 175 Å². The highest BCUT2D eigenvalue weighted by atomic mass is 16.4. The summed E-state index contributed by atoms with van der Waals surface area (Å²) >= 11 is 0. The molecule has 1 fully saturated rings. The highest BCUT2D eigenvalue weighted by molar-refractivity contribution is 5.85. The first-order chi connectivity index (χ1) is 14.5. The minimum atomic E-state index is -1.02. The molecule has 30 heavy (non-hydrogen) atoms. The number of nitrogens with zero attached hydrogens (tertiary/aromatic N) is 4. The Balaban J connectivity index is 0.00000124. The standard InChI is InChI=1S/C20H21N5O3.C2H6/c1-13-8-17-18(23-19(13)26)9-14(10-21-17)12-24-4-6-25(7-5-24)15-2-3-16(20(27)28)22-11-15;1-2/h2-3,8-11H,4-7,12H2,1H3,(H,23,26)(H,27,28);1-2H3. The minimum Gasteiger partial charge on any atom is -0.477 e. The van der Waals surface area contributed by atoms with Crippen LogP contribution in [-0.2, 0) is 6.54 Å². The van der Waals surface area contributed by atoms with Gasteiger partial charge in [0.2, 0.25) is 0 Å². The summed E-state index contributed by atoms with van der Waals surface area (Å²) in [5.74, 6) is -1.02. The van der Waals surface area contributed by atoms with Crippen LogP contribution in [0.5, 0.6) is 0 Å². The molecule has 0 saturated carbocycles. The molecule has 3 aromatic heterocycles. The van der Waals surface area contributed by atoms with Gasteiger partial charge in [0.15, 0.2) is 0 Å². The summed E-state index contributed by atoms with van der Waals surface area (Å²) in [4.78, 5) is 38.6. The summed E-state index contributed by atoms with van der Waals surface area (Å²) in [6.45, 7) is 9.98. The van der Waals surface area contributed by atoms with Crippen molar-refractivity contribution < 1.29 is 9.90 Å². The van der Waals surface area contributed by atoms with E-state index in [1.165, 1.54) is 6.07 Å². The van der Waals surface area contributed by atoms with E-state index in [1.807, 2.05) is 26.1 Å². The number of carboxylic acids is 1. The van der Waals surface area contributed by atoms with Crippen LogP contribution in [0.4, 0.5) is 5.69 Å². The highest BCUT2D eigenvalue weighted by Crippen LogP contribution is 2.18. The van der Waals surface area contributed by atoms with Gasteiger partial charge in [-0.25, -0.2) is 9.78 Å². The number of H-pyrrole nitrogens is 1. The number of aromatic amines is 1. The van der Waals surface area contributed by atoms with Crippen molar-refractivity contribution in [1.29, 1.82) is 0 Å². The van der Waals surface area contributed by atoms with E-state index < -0.39 is 5.97 Å². The van der Waals surface area contributed by atoms with E-state index >= 15 is 0 Å². The van der Waals surface area contributed by atoms with Crippen molar-refractivity contribution >= 4 is 22.7 Å². The molecule has 3 aromatic rings. The van der Waals surface area contributed by atoms with Crippen LogP contribution >= 0.6 is 0 Å². The molecule has 2 N–H and O–H groups in total. The molecular weight excluding hydrogens is 382 g/mol. The zero-order valence-electron chi connectivity index (χ0n) is 17.6. The van der Waals surface area contributed by atoms with E-state index in [4.69, 9.17) is 5.11 Å². The maximum absolute atomic E-state index is 11.8. The van der Waals surface area contributed by atoms with Crippen molar-refractivity contribution in [3.8, 4) is 0 Å². The fourth-order valence-electron chi connectivity index (χ4n) is 3.43. The predicted molar refractivity (Wildman–Crippen MR) is 117 cm³/mol. The van der Waals surface area contributed by atoms with Crippen molar-refractivity contribution in [3.63, 3.8) is 0 Å². The van der Waals surface area contributed by atoms with Gasteiger partial charge in [0.1, 0.15) is 5.69 Å². The molecule has 0 unspecified atom stereocenters. The number of rotatable bonds is 4. The van der Waals surface area contributed by atoms with E-state index in [-0.39, 0.29) is 11.3 Å². The van der Waals surface area contributed by atoms with Gasteiger partial charge in [-0.2, -0.15) is 0 Å². The highest BCUT2D eigenvalue weighted by Gasteiger charge is 2.18. The molecule has 0 spiro atoms. The van der Waals surface area contributed by atoms with Gasteiger partial charge >= 0.3 is 5.97 Å². The van der Waals surface area contributed by atoms with E-state index in [0.29, 0.717) is 5.56 Å². The number of anilines is 1. The lowest BCUT2D eigenvalue weighted by molar-refractivity contribution is 0.0690. The lowest BCUT2D eigenvalue weighted by atomic mass is 10.2. The maximum Gasteiger partial charge on any atom is 0.354 e. The molecule has 0 amide bonds. The molecule has 8 heteroatoms. The van der Waals surface area contributed by atoms with Crippen molar-refractivity contribution in [1.82, 2.24) is 19.9 Å². The molecule has 4 rings (SSSR count). The summed E-state index contributed by atoms with van der Waals surface area (Å²) in [7, 11) is 0. The monoisotopic (exact) mass is 409 g/mol. The number of carboxylic acid groups (broad SMARTS) is 1. The molecular formula is C22H27N5O3. The summed E-state index contributed by atoms with van der Waals surface area (Å²) < 4.78 is 0. The van der Waals surface area contributed by atoms with Crippen LogP contribution in [0.1, 0.15) is 35.5 Å². The van der Waals surface area contributed by atoms with Crippen LogP contribution < -0.4 is 10.5 Å². The number of aromatic carboxylic acids is 1. The van der Waals surface area contributed by atoms with Gasteiger partial charge in [-0.1, -0.05) is 13.8 Å². The van der Waals surface area contributed by atoms with E-state index in [0.717, 1.165) is 55.0 Å². The summed E-state index contributed by atoms with van der Waals surface area (Å²) in [5, 5.41) is 8.95. The average molecular weight is 409 g/mol. The van der Waals surface area contributed by atoms with Crippen LogP contribution in [0.15, 0.2) is 41.5 Å². The Kier molecular flexibility index (Phi) is 6.79. The van der Waals surface area contributed by atoms with E-state index in [2.05, 4.69) is 24.8 Å². The smallest absolute Gasteiger partial charge is 0.354 e. The van der Waals surface area contributed by atoms with Gasteiger partial charge < -0.3 is 15.0 Å². The van der Waals surface area contributed by atoms with Crippen molar-refractivity contribution in [2.24, 2.45) is 0 Å². The molecule has 4 heterocycles.